The van der Waals surface area contributed by atoms with Crippen molar-refractivity contribution < 1.29 is 5.11 Å². The van der Waals surface area contributed by atoms with Gasteiger partial charge in [-0.15, -0.1) is 0 Å². The maximum atomic E-state index is 9.80. The quantitative estimate of drug-likeness (QED) is 0.770. The molecule has 3 nitrogen and oxygen atoms in total. The number of fused-ring (bicyclic) bond motifs is 2. The summed E-state index contributed by atoms with van der Waals surface area (Å²) in [5.74, 6) is 1.96. The van der Waals surface area contributed by atoms with Gasteiger partial charge in [0.1, 0.15) is 5.75 Å². The number of aromatic hydroxyl groups is 1. The van der Waals surface area contributed by atoms with Gasteiger partial charge in [-0.2, -0.15) is 0 Å². The lowest BCUT2D eigenvalue weighted by Gasteiger charge is -2.40. The average molecular weight is 357 g/mol. The summed E-state index contributed by atoms with van der Waals surface area (Å²) >= 11 is 0. The summed E-state index contributed by atoms with van der Waals surface area (Å²) in [5, 5.41) is 9.80. The van der Waals surface area contributed by atoms with Crippen LogP contribution in [0.5, 0.6) is 5.75 Å². The predicted octanol–water partition coefficient (Wildman–Crippen LogP) is 4.79. The number of hydrogen-bond acceptors (Lipinski definition) is 3. The van der Waals surface area contributed by atoms with E-state index >= 15 is 0 Å². The van der Waals surface area contributed by atoms with Crippen LogP contribution >= 0.6 is 0 Å². The van der Waals surface area contributed by atoms with Crippen molar-refractivity contribution in [3.05, 3.63) is 29.8 Å². The Morgan fingerprint density at radius 2 is 1.77 bits per heavy atom. The molecule has 0 aromatic heterocycles. The van der Waals surface area contributed by atoms with Crippen molar-refractivity contribution in [1.82, 2.24) is 4.90 Å². The number of nitrogens with zero attached hydrogens (tertiary/aromatic N) is 1. The van der Waals surface area contributed by atoms with Crippen molar-refractivity contribution in [1.29, 1.82) is 0 Å². The second kappa shape index (κ2) is 8.31. The summed E-state index contributed by atoms with van der Waals surface area (Å²) < 4.78 is 0. The summed E-state index contributed by atoms with van der Waals surface area (Å²) in [7, 11) is 0. The molecular weight excluding hydrogens is 320 g/mol. The third-order valence-electron chi connectivity index (χ3n) is 7.34. The van der Waals surface area contributed by atoms with E-state index in [2.05, 4.69) is 11.0 Å². The molecule has 1 saturated carbocycles. The number of phenolic OH excluding ortho intramolecular Hbond substituents is 1. The van der Waals surface area contributed by atoms with E-state index in [1.54, 1.807) is 6.07 Å². The maximum absolute atomic E-state index is 9.80. The van der Waals surface area contributed by atoms with Crippen molar-refractivity contribution in [2.45, 2.75) is 94.7 Å². The minimum atomic E-state index is 0.345. The first-order chi connectivity index (χ1) is 12.7. The van der Waals surface area contributed by atoms with Crippen LogP contribution in [-0.4, -0.2) is 34.7 Å². The Morgan fingerprint density at radius 3 is 2.46 bits per heavy atom. The molecule has 3 N–H and O–H groups in total. The molecule has 2 aliphatic heterocycles. The van der Waals surface area contributed by atoms with Gasteiger partial charge >= 0.3 is 0 Å². The largest absolute Gasteiger partial charge is 0.508 e. The fraction of sp³-hybridized carbons (Fsp3) is 0.739. The number of hydrogen-bond donors (Lipinski definition) is 2. The summed E-state index contributed by atoms with van der Waals surface area (Å²) in [6.07, 6.45) is 14.9. The van der Waals surface area contributed by atoms with Crippen LogP contribution in [0.2, 0.25) is 0 Å². The SMILES string of the molecule is NC(CCC1CCCCC1)CN1C2CCC1CC(c1cccc(O)c1)C2. The molecule has 4 rings (SSSR count). The Balaban J connectivity index is 1.29. The molecule has 0 spiro atoms. The second-order valence-corrected chi connectivity index (χ2v) is 9.19. The Kier molecular flexibility index (Phi) is 5.85. The van der Waals surface area contributed by atoms with E-state index in [1.807, 2.05) is 12.1 Å². The van der Waals surface area contributed by atoms with Gasteiger partial charge in [-0.3, -0.25) is 4.90 Å². The van der Waals surface area contributed by atoms with E-state index in [9.17, 15) is 5.11 Å². The lowest BCUT2D eigenvalue weighted by molar-refractivity contribution is 0.115. The molecule has 3 atom stereocenters. The summed E-state index contributed by atoms with van der Waals surface area (Å²) in [6, 6.07) is 9.66. The van der Waals surface area contributed by atoms with Gasteiger partial charge in [0.2, 0.25) is 0 Å². The van der Waals surface area contributed by atoms with Crippen LogP contribution < -0.4 is 5.73 Å². The van der Waals surface area contributed by atoms with Crippen molar-refractivity contribution in [3.63, 3.8) is 0 Å². The molecule has 2 saturated heterocycles. The molecule has 3 unspecified atom stereocenters. The Labute approximate surface area is 159 Å². The van der Waals surface area contributed by atoms with Crippen molar-refractivity contribution >= 4 is 0 Å². The van der Waals surface area contributed by atoms with Crippen LogP contribution in [0.4, 0.5) is 0 Å². The van der Waals surface area contributed by atoms with Crippen LogP contribution in [0, 0.1) is 5.92 Å². The number of nitrogens with two attached hydrogens (primary N) is 1. The molecule has 2 bridgehead atoms. The van der Waals surface area contributed by atoms with Crippen LogP contribution in [-0.2, 0) is 0 Å². The van der Waals surface area contributed by atoms with E-state index < -0.39 is 0 Å². The van der Waals surface area contributed by atoms with E-state index in [-0.39, 0.29) is 0 Å². The van der Waals surface area contributed by atoms with Gasteiger partial charge in [-0.1, -0.05) is 44.2 Å². The van der Waals surface area contributed by atoms with Gasteiger partial charge in [0, 0.05) is 24.7 Å². The Morgan fingerprint density at radius 1 is 1.04 bits per heavy atom. The Hall–Kier alpha value is -1.06. The van der Waals surface area contributed by atoms with E-state index in [0.29, 0.717) is 29.8 Å². The van der Waals surface area contributed by atoms with Crippen molar-refractivity contribution in [2.75, 3.05) is 6.54 Å². The molecular formula is C23H36N2O. The molecule has 3 aliphatic rings. The number of rotatable bonds is 6. The van der Waals surface area contributed by atoms with E-state index in [0.717, 1.165) is 12.5 Å². The zero-order valence-corrected chi connectivity index (χ0v) is 16.2. The minimum absolute atomic E-state index is 0.345. The average Bonchev–Trinajstić information content (AvgIpc) is 2.89. The number of phenols is 1. The monoisotopic (exact) mass is 356 g/mol. The minimum Gasteiger partial charge on any atom is -0.508 e. The molecule has 144 valence electrons. The predicted molar refractivity (Wildman–Crippen MR) is 107 cm³/mol. The van der Waals surface area contributed by atoms with Gasteiger partial charge in [0.15, 0.2) is 0 Å². The molecule has 26 heavy (non-hydrogen) atoms. The fourth-order valence-corrected chi connectivity index (χ4v) is 5.91. The Bertz CT molecular complexity index is 569. The van der Waals surface area contributed by atoms with Crippen LogP contribution in [0.1, 0.15) is 82.1 Å². The van der Waals surface area contributed by atoms with E-state index in [1.165, 1.54) is 76.2 Å². The summed E-state index contributed by atoms with van der Waals surface area (Å²) in [4.78, 5) is 2.74. The first-order valence-corrected chi connectivity index (χ1v) is 11.0. The molecule has 0 amide bonds. The van der Waals surface area contributed by atoms with Gasteiger partial charge in [0.05, 0.1) is 0 Å². The van der Waals surface area contributed by atoms with Crippen molar-refractivity contribution in [3.8, 4) is 5.75 Å². The molecule has 1 aliphatic carbocycles. The van der Waals surface area contributed by atoms with Crippen molar-refractivity contribution in [2.24, 2.45) is 11.7 Å². The van der Waals surface area contributed by atoms with Gasteiger partial charge in [-0.05, 0) is 68.1 Å². The van der Waals surface area contributed by atoms with Crippen LogP contribution in [0.15, 0.2) is 24.3 Å². The smallest absolute Gasteiger partial charge is 0.115 e. The lowest BCUT2D eigenvalue weighted by Crippen LogP contribution is -2.48. The van der Waals surface area contributed by atoms with Gasteiger partial charge < -0.3 is 10.8 Å². The lowest BCUT2D eigenvalue weighted by atomic mass is 9.84. The summed E-state index contributed by atoms with van der Waals surface area (Å²) in [5.41, 5.74) is 7.89. The third-order valence-corrected chi connectivity index (χ3v) is 7.34. The summed E-state index contributed by atoms with van der Waals surface area (Å²) in [6.45, 7) is 1.09. The number of piperidine rings is 1. The highest BCUT2D eigenvalue weighted by molar-refractivity contribution is 5.30. The van der Waals surface area contributed by atoms with E-state index in [4.69, 9.17) is 5.73 Å². The molecule has 1 aromatic rings. The third kappa shape index (κ3) is 4.26. The van der Waals surface area contributed by atoms with Gasteiger partial charge in [0.25, 0.3) is 0 Å². The highest BCUT2D eigenvalue weighted by Gasteiger charge is 2.41. The first-order valence-electron chi connectivity index (χ1n) is 11.0. The highest BCUT2D eigenvalue weighted by atomic mass is 16.3. The maximum Gasteiger partial charge on any atom is 0.115 e. The standard InChI is InChI=1S/C23H36N2O/c24-20(10-9-17-5-2-1-3-6-17)16-25-21-11-12-22(25)14-19(13-21)18-7-4-8-23(26)15-18/h4,7-8,15,17,19-22,26H,1-3,5-6,9-14,16,24H2. The molecule has 2 heterocycles. The zero-order chi connectivity index (χ0) is 17.9. The second-order valence-electron chi connectivity index (χ2n) is 9.19. The highest BCUT2D eigenvalue weighted by Crippen LogP contribution is 2.43. The molecule has 3 heteroatoms. The molecule has 1 aromatic carbocycles. The topological polar surface area (TPSA) is 49.5 Å². The number of benzene rings is 1. The molecule has 0 radical (unpaired) electrons. The molecule has 3 fully saturated rings. The van der Waals surface area contributed by atoms with Gasteiger partial charge in [-0.25, -0.2) is 0 Å². The normalized spacial score (nSPS) is 31.2. The first kappa shape index (κ1) is 18.3. The van der Waals surface area contributed by atoms with Crippen LogP contribution in [0.3, 0.4) is 0 Å². The fourth-order valence-electron chi connectivity index (χ4n) is 5.91. The van der Waals surface area contributed by atoms with Crippen LogP contribution in [0.25, 0.3) is 0 Å². The zero-order valence-electron chi connectivity index (χ0n) is 16.2.